The number of benzene rings is 2. The Morgan fingerprint density at radius 2 is 1.96 bits per heavy atom. The van der Waals surface area contributed by atoms with Gasteiger partial charge < -0.3 is 16.0 Å². The van der Waals surface area contributed by atoms with Gasteiger partial charge in [0.05, 0.1) is 4.92 Å². The SMILES string of the molecule is CN=C(NCc1ccccc1[N+](=O)[O-])NCC1CC(=O)Nc2ccccc21. The molecule has 8 nitrogen and oxygen atoms in total. The molecule has 0 aromatic heterocycles. The van der Waals surface area contributed by atoms with Crippen molar-refractivity contribution in [3.63, 3.8) is 0 Å². The summed E-state index contributed by atoms with van der Waals surface area (Å²) in [6.45, 7) is 0.805. The zero-order valence-corrected chi connectivity index (χ0v) is 14.9. The summed E-state index contributed by atoms with van der Waals surface area (Å²) in [6.07, 6.45) is 0.394. The number of hydrogen-bond donors (Lipinski definition) is 3. The number of anilines is 1. The molecule has 3 rings (SSSR count). The molecule has 2 aromatic carbocycles. The summed E-state index contributed by atoms with van der Waals surface area (Å²) in [5.41, 5.74) is 2.56. The molecule has 27 heavy (non-hydrogen) atoms. The maximum atomic E-state index is 11.9. The van der Waals surface area contributed by atoms with Crippen molar-refractivity contribution in [1.29, 1.82) is 0 Å². The summed E-state index contributed by atoms with van der Waals surface area (Å²) in [5, 5.41) is 20.3. The van der Waals surface area contributed by atoms with E-state index in [0.717, 1.165) is 11.3 Å². The number of para-hydroxylation sites is 2. The fourth-order valence-electron chi connectivity index (χ4n) is 3.14. The molecule has 3 N–H and O–H groups in total. The molecule has 2 aromatic rings. The lowest BCUT2D eigenvalue weighted by Crippen LogP contribution is -2.40. The summed E-state index contributed by atoms with van der Waals surface area (Å²) in [7, 11) is 1.64. The molecular weight excluding hydrogens is 346 g/mol. The van der Waals surface area contributed by atoms with E-state index in [4.69, 9.17) is 0 Å². The van der Waals surface area contributed by atoms with Crippen LogP contribution in [0.15, 0.2) is 53.5 Å². The lowest BCUT2D eigenvalue weighted by Gasteiger charge is -2.26. The number of rotatable bonds is 5. The van der Waals surface area contributed by atoms with Crippen LogP contribution in [0.4, 0.5) is 11.4 Å². The average molecular weight is 367 g/mol. The van der Waals surface area contributed by atoms with Gasteiger partial charge in [-0.25, -0.2) is 0 Å². The minimum Gasteiger partial charge on any atom is -0.356 e. The lowest BCUT2D eigenvalue weighted by atomic mass is 9.90. The van der Waals surface area contributed by atoms with E-state index >= 15 is 0 Å². The Labute approximate surface area is 156 Å². The molecule has 1 unspecified atom stereocenters. The Morgan fingerprint density at radius 3 is 2.74 bits per heavy atom. The number of nitrogens with one attached hydrogen (secondary N) is 3. The maximum Gasteiger partial charge on any atom is 0.274 e. The van der Waals surface area contributed by atoms with Crippen molar-refractivity contribution in [3.8, 4) is 0 Å². The van der Waals surface area contributed by atoms with Crippen molar-refractivity contribution >= 4 is 23.2 Å². The molecule has 0 saturated carbocycles. The minimum absolute atomic E-state index is 0.0108. The number of hydrogen-bond acceptors (Lipinski definition) is 4. The molecule has 0 spiro atoms. The highest BCUT2D eigenvalue weighted by Gasteiger charge is 2.24. The first kappa shape index (κ1) is 18.4. The highest BCUT2D eigenvalue weighted by atomic mass is 16.6. The van der Waals surface area contributed by atoms with E-state index in [-0.39, 0.29) is 24.1 Å². The van der Waals surface area contributed by atoms with E-state index < -0.39 is 4.92 Å². The Balaban J connectivity index is 1.62. The van der Waals surface area contributed by atoms with Crippen LogP contribution in [0.5, 0.6) is 0 Å². The van der Waals surface area contributed by atoms with E-state index in [1.54, 1.807) is 25.2 Å². The third kappa shape index (κ3) is 4.41. The number of nitro groups is 1. The first-order chi connectivity index (χ1) is 13.1. The van der Waals surface area contributed by atoms with Gasteiger partial charge in [0.15, 0.2) is 5.96 Å². The second-order valence-corrected chi connectivity index (χ2v) is 6.23. The van der Waals surface area contributed by atoms with Gasteiger partial charge in [-0.1, -0.05) is 36.4 Å². The molecule has 1 atom stereocenters. The summed E-state index contributed by atoms with van der Waals surface area (Å²) >= 11 is 0. The van der Waals surface area contributed by atoms with Crippen molar-refractivity contribution in [3.05, 3.63) is 69.8 Å². The maximum absolute atomic E-state index is 11.9. The Bertz CT molecular complexity index is 881. The van der Waals surface area contributed by atoms with Crippen molar-refractivity contribution in [1.82, 2.24) is 10.6 Å². The normalized spacial score (nSPS) is 16.3. The highest BCUT2D eigenvalue weighted by Crippen LogP contribution is 2.31. The molecule has 1 heterocycles. The standard InChI is InChI=1S/C19H21N5O3/c1-20-19(21-11-13-6-2-5-9-17(13)24(26)27)22-12-14-10-18(25)23-16-8-4-3-7-15(14)16/h2-9,14H,10-12H2,1H3,(H,23,25)(H2,20,21,22). The van der Waals surface area contributed by atoms with E-state index in [1.807, 2.05) is 24.3 Å². The topological polar surface area (TPSA) is 109 Å². The summed E-state index contributed by atoms with van der Waals surface area (Å²) < 4.78 is 0. The molecule has 0 fully saturated rings. The van der Waals surface area contributed by atoms with Crippen LogP contribution < -0.4 is 16.0 Å². The molecule has 0 radical (unpaired) electrons. The van der Waals surface area contributed by atoms with Crippen LogP contribution >= 0.6 is 0 Å². The number of nitrogens with zero attached hydrogens (tertiary/aromatic N) is 2. The van der Waals surface area contributed by atoms with Gasteiger partial charge in [-0.05, 0) is 11.6 Å². The van der Waals surface area contributed by atoms with Crippen LogP contribution in [0.2, 0.25) is 0 Å². The van der Waals surface area contributed by atoms with Gasteiger partial charge in [-0.3, -0.25) is 19.9 Å². The molecule has 0 aliphatic carbocycles. The average Bonchev–Trinajstić information content (AvgIpc) is 2.68. The number of aliphatic imine (C=N–C) groups is 1. The largest absolute Gasteiger partial charge is 0.356 e. The number of amides is 1. The summed E-state index contributed by atoms with van der Waals surface area (Å²) in [4.78, 5) is 26.8. The molecule has 1 aliphatic rings. The lowest BCUT2D eigenvalue weighted by molar-refractivity contribution is -0.385. The molecule has 140 valence electrons. The monoisotopic (exact) mass is 367 g/mol. The molecule has 0 bridgehead atoms. The first-order valence-corrected chi connectivity index (χ1v) is 8.64. The second kappa shape index (κ2) is 8.31. The van der Waals surface area contributed by atoms with E-state index in [1.165, 1.54) is 6.07 Å². The van der Waals surface area contributed by atoms with Gasteiger partial charge in [-0.2, -0.15) is 0 Å². The predicted octanol–water partition coefficient (Wildman–Crippen LogP) is 2.39. The molecular formula is C19H21N5O3. The van der Waals surface area contributed by atoms with E-state index in [0.29, 0.717) is 24.5 Å². The van der Waals surface area contributed by atoms with Gasteiger partial charge in [-0.15, -0.1) is 0 Å². The number of carbonyl (C=O) groups is 1. The third-order valence-corrected chi connectivity index (χ3v) is 4.48. The van der Waals surface area contributed by atoms with Crippen LogP contribution in [0.25, 0.3) is 0 Å². The zero-order chi connectivity index (χ0) is 19.2. The first-order valence-electron chi connectivity index (χ1n) is 8.64. The van der Waals surface area contributed by atoms with Crippen LogP contribution in [0.1, 0.15) is 23.5 Å². The van der Waals surface area contributed by atoms with Crippen LogP contribution in [0.3, 0.4) is 0 Å². The van der Waals surface area contributed by atoms with Gasteiger partial charge >= 0.3 is 0 Å². The summed E-state index contributed by atoms with van der Waals surface area (Å²) in [5.74, 6) is 0.541. The highest BCUT2D eigenvalue weighted by molar-refractivity contribution is 5.94. The molecule has 0 saturated heterocycles. The van der Waals surface area contributed by atoms with Gasteiger partial charge in [0, 0.05) is 49.8 Å². The third-order valence-electron chi connectivity index (χ3n) is 4.48. The number of fused-ring (bicyclic) bond motifs is 1. The van der Waals surface area contributed by atoms with Crippen molar-refractivity contribution in [2.45, 2.75) is 18.9 Å². The molecule has 1 amide bonds. The molecule has 8 heteroatoms. The van der Waals surface area contributed by atoms with E-state index in [2.05, 4.69) is 20.9 Å². The van der Waals surface area contributed by atoms with Gasteiger partial charge in [0.25, 0.3) is 5.69 Å². The predicted molar refractivity (Wildman–Crippen MR) is 104 cm³/mol. The van der Waals surface area contributed by atoms with Crippen molar-refractivity contribution in [2.24, 2.45) is 4.99 Å². The smallest absolute Gasteiger partial charge is 0.274 e. The minimum atomic E-state index is -0.398. The number of guanidine groups is 1. The van der Waals surface area contributed by atoms with Crippen molar-refractivity contribution < 1.29 is 9.72 Å². The van der Waals surface area contributed by atoms with Gasteiger partial charge in [0.2, 0.25) is 5.91 Å². The Morgan fingerprint density at radius 1 is 1.22 bits per heavy atom. The fraction of sp³-hybridized carbons (Fsp3) is 0.263. The van der Waals surface area contributed by atoms with E-state index in [9.17, 15) is 14.9 Å². The molecule has 1 aliphatic heterocycles. The second-order valence-electron chi connectivity index (χ2n) is 6.23. The fourth-order valence-corrected chi connectivity index (χ4v) is 3.14. The summed E-state index contributed by atoms with van der Waals surface area (Å²) in [6, 6.07) is 14.3. The van der Waals surface area contributed by atoms with Crippen LogP contribution in [-0.4, -0.2) is 30.4 Å². The number of nitro benzene ring substituents is 1. The quantitative estimate of drug-likeness (QED) is 0.325. The van der Waals surface area contributed by atoms with Crippen molar-refractivity contribution in [2.75, 3.05) is 18.9 Å². The van der Waals surface area contributed by atoms with Gasteiger partial charge in [0.1, 0.15) is 0 Å². The Hall–Kier alpha value is -3.42. The van der Waals surface area contributed by atoms with Crippen LogP contribution in [0, 0.1) is 10.1 Å². The van der Waals surface area contributed by atoms with Crippen LogP contribution in [-0.2, 0) is 11.3 Å². The number of carbonyl (C=O) groups excluding carboxylic acids is 1. The Kier molecular flexibility index (Phi) is 5.65. The zero-order valence-electron chi connectivity index (χ0n) is 14.9.